The normalized spacial score (nSPS) is 14.7. The van der Waals surface area contributed by atoms with Gasteiger partial charge in [-0.15, -0.1) is 0 Å². The van der Waals surface area contributed by atoms with Crippen LogP contribution in [0.5, 0.6) is 5.88 Å². The predicted octanol–water partition coefficient (Wildman–Crippen LogP) is 6.04. The van der Waals surface area contributed by atoms with Gasteiger partial charge in [-0.3, -0.25) is 0 Å². The first kappa shape index (κ1) is 27.0. The van der Waals surface area contributed by atoms with E-state index in [1.807, 2.05) is 16.7 Å². The molecule has 216 valence electrons. The lowest BCUT2D eigenvalue weighted by Crippen LogP contribution is -2.31. The van der Waals surface area contributed by atoms with Gasteiger partial charge in [-0.1, -0.05) is 17.4 Å². The fraction of sp³-hybridized carbons (Fsp3) is 0.194. The number of pyridine rings is 2. The number of rotatable bonds is 9. The number of halogens is 2. The van der Waals surface area contributed by atoms with Gasteiger partial charge in [-0.2, -0.15) is 0 Å². The average molecular weight is 600 g/mol. The van der Waals surface area contributed by atoms with Gasteiger partial charge < -0.3 is 19.1 Å². The molecular formula is C31H23F2N5O4S. The number of fused-ring (bicyclic) bond motifs is 2. The van der Waals surface area contributed by atoms with Gasteiger partial charge in [0.05, 0.1) is 34.9 Å². The van der Waals surface area contributed by atoms with Crippen LogP contribution in [-0.4, -0.2) is 48.3 Å². The van der Waals surface area contributed by atoms with Gasteiger partial charge >= 0.3 is 5.97 Å². The minimum atomic E-state index is -1.06. The van der Waals surface area contributed by atoms with Gasteiger partial charge in [0.1, 0.15) is 39.4 Å². The molecule has 7 rings (SSSR count). The number of imidazole rings is 1. The van der Waals surface area contributed by atoms with Crippen molar-refractivity contribution in [3.05, 3.63) is 100 Å². The molecule has 2 aromatic carbocycles. The van der Waals surface area contributed by atoms with E-state index < -0.39 is 17.6 Å². The van der Waals surface area contributed by atoms with Crippen molar-refractivity contribution in [2.24, 2.45) is 0 Å². The summed E-state index contributed by atoms with van der Waals surface area (Å²) in [5, 5.41) is 10.2. The molecule has 6 aromatic rings. The Kier molecular flexibility index (Phi) is 6.99. The minimum Gasteiger partial charge on any atom is -0.478 e. The lowest BCUT2D eigenvalue weighted by Gasteiger charge is -2.27. The Morgan fingerprint density at radius 2 is 1.93 bits per heavy atom. The Bertz CT molecular complexity index is 1970. The lowest BCUT2D eigenvalue weighted by atomic mass is 10.0. The molecule has 0 amide bonds. The molecule has 0 radical (unpaired) electrons. The van der Waals surface area contributed by atoms with Gasteiger partial charge in [0.15, 0.2) is 0 Å². The quantitative estimate of drug-likeness (QED) is 0.214. The fourth-order valence-electron chi connectivity index (χ4n) is 5.02. The van der Waals surface area contributed by atoms with Crippen molar-refractivity contribution in [2.75, 3.05) is 6.61 Å². The summed E-state index contributed by atoms with van der Waals surface area (Å²) in [7, 11) is 0. The lowest BCUT2D eigenvalue weighted by molar-refractivity contribution is -0.0589. The van der Waals surface area contributed by atoms with Crippen molar-refractivity contribution in [1.29, 1.82) is 0 Å². The molecule has 12 heteroatoms. The summed E-state index contributed by atoms with van der Waals surface area (Å²) in [5.74, 6) is -1.58. The van der Waals surface area contributed by atoms with Crippen molar-refractivity contribution in [2.45, 2.75) is 32.1 Å². The van der Waals surface area contributed by atoms with Crippen LogP contribution in [0, 0.1) is 11.6 Å². The van der Waals surface area contributed by atoms with E-state index in [9.17, 15) is 9.90 Å². The Morgan fingerprint density at radius 3 is 2.72 bits per heavy atom. The van der Waals surface area contributed by atoms with Crippen molar-refractivity contribution in [1.82, 2.24) is 24.5 Å². The molecule has 0 unspecified atom stereocenters. The van der Waals surface area contributed by atoms with E-state index in [4.69, 9.17) is 9.47 Å². The molecule has 9 nitrogen and oxygen atoms in total. The van der Waals surface area contributed by atoms with E-state index in [0.717, 1.165) is 33.9 Å². The summed E-state index contributed by atoms with van der Waals surface area (Å²) in [6.45, 7) is 1.24. The number of hydrogen-bond acceptors (Lipinski definition) is 8. The number of ether oxygens (including phenoxy) is 2. The number of aromatic carboxylic acids is 1. The molecule has 1 N–H and O–H groups in total. The number of thiazole rings is 1. The fourth-order valence-corrected chi connectivity index (χ4v) is 5.84. The van der Waals surface area contributed by atoms with Crippen molar-refractivity contribution in [3.8, 4) is 17.1 Å². The van der Waals surface area contributed by atoms with Crippen LogP contribution in [0.25, 0.3) is 32.6 Å². The molecule has 4 aromatic heterocycles. The number of carbonyl (C=O) groups is 1. The maximum Gasteiger partial charge on any atom is 0.335 e. The first-order chi connectivity index (χ1) is 20.9. The first-order valence-corrected chi connectivity index (χ1v) is 14.4. The summed E-state index contributed by atoms with van der Waals surface area (Å²) >= 11 is 1.41. The van der Waals surface area contributed by atoms with E-state index in [2.05, 4.69) is 19.9 Å². The summed E-state index contributed by atoms with van der Waals surface area (Å²) in [6, 6.07) is 15.5. The molecule has 1 saturated heterocycles. The van der Waals surface area contributed by atoms with E-state index in [0.29, 0.717) is 30.0 Å². The monoisotopic (exact) mass is 599 g/mol. The second kappa shape index (κ2) is 11.1. The third-order valence-corrected chi connectivity index (χ3v) is 8.24. The van der Waals surface area contributed by atoms with Crippen LogP contribution in [0.3, 0.4) is 0 Å². The number of carboxylic acids is 1. The summed E-state index contributed by atoms with van der Waals surface area (Å²) < 4.78 is 44.2. The van der Waals surface area contributed by atoms with Crippen molar-refractivity contribution >= 4 is 38.7 Å². The SMILES string of the molecule is O=C(O)c1ccc2nc(Cc3cc(F)c(-c4cccc(OCc5nc6cccnc6s5)n4)cc3F)n(C[C@@H]3CCO3)c2c1. The Labute approximate surface area is 247 Å². The molecule has 1 aliphatic rings. The molecular weight excluding hydrogens is 576 g/mol. The molecule has 0 aliphatic carbocycles. The highest BCUT2D eigenvalue weighted by atomic mass is 32.1. The highest BCUT2D eigenvalue weighted by Gasteiger charge is 2.24. The van der Waals surface area contributed by atoms with Gasteiger partial charge in [-0.05, 0) is 60.5 Å². The van der Waals surface area contributed by atoms with Crippen molar-refractivity contribution < 1.29 is 28.2 Å². The Balaban J connectivity index is 1.15. The topological polar surface area (TPSA) is 112 Å². The van der Waals surface area contributed by atoms with Crippen LogP contribution in [0.4, 0.5) is 8.78 Å². The zero-order valence-corrected chi connectivity index (χ0v) is 23.4. The van der Waals surface area contributed by atoms with Gasteiger partial charge in [0.25, 0.3) is 0 Å². The number of hydrogen-bond donors (Lipinski definition) is 1. The smallest absolute Gasteiger partial charge is 0.335 e. The highest BCUT2D eigenvalue weighted by Crippen LogP contribution is 2.29. The largest absolute Gasteiger partial charge is 0.478 e. The summed E-state index contributed by atoms with van der Waals surface area (Å²) in [6.07, 6.45) is 2.50. The van der Waals surface area contributed by atoms with Gasteiger partial charge in [0.2, 0.25) is 5.88 Å². The molecule has 0 spiro atoms. The van der Waals surface area contributed by atoms with Crippen LogP contribution in [0.15, 0.2) is 66.9 Å². The van der Waals surface area contributed by atoms with E-state index in [-0.39, 0.29) is 47.4 Å². The second-order valence-electron chi connectivity index (χ2n) is 10.1. The molecule has 0 bridgehead atoms. The Morgan fingerprint density at radius 1 is 1.05 bits per heavy atom. The number of aromatic nitrogens is 5. The Hall–Kier alpha value is -4.81. The van der Waals surface area contributed by atoms with E-state index in [1.165, 1.54) is 17.4 Å². The molecule has 1 atom stereocenters. The maximum atomic E-state index is 15.5. The molecule has 1 aliphatic heterocycles. The number of benzene rings is 2. The van der Waals surface area contributed by atoms with Crippen LogP contribution in [-0.2, 0) is 24.3 Å². The number of carboxylic acid groups (broad SMARTS) is 1. The molecule has 5 heterocycles. The zero-order valence-electron chi connectivity index (χ0n) is 22.5. The predicted molar refractivity (Wildman–Crippen MR) is 155 cm³/mol. The second-order valence-corrected chi connectivity index (χ2v) is 11.2. The average Bonchev–Trinajstić information content (AvgIpc) is 3.55. The van der Waals surface area contributed by atoms with E-state index >= 15 is 8.78 Å². The van der Waals surface area contributed by atoms with E-state index in [1.54, 1.807) is 36.5 Å². The molecule has 0 saturated carbocycles. The third kappa shape index (κ3) is 5.42. The number of nitrogens with zero attached hydrogens (tertiary/aromatic N) is 5. The maximum absolute atomic E-state index is 15.5. The minimum absolute atomic E-state index is 0.000438. The van der Waals surface area contributed by atoms with Crippen LogP contribution < -0.4 is 4.74 Å². The standard InChI is InChI=1S/C31H23F2N5O4S/c32-21-14-20(23-3-1-5-28(36-23)42-16-29-37-25-4-2-9-34-30(25)43-29)22(33)11-18(21)13-27-35-24-7-6-17(31(39)40)12-26(24)38(27)15-19-8-10-41-19/h1-7,9,11-12,14,19H,8,10,13,15-16H2,(H,39,40)/t19-/m0/s1. The van der Waals surface area contributed by atoms with Gasteiger partial charge in [0, 0.05) is 30.9 Å². The first-order valence-electron chi connectivity index (χ1n) is 13.5. The van der Waals surface area contributed by atoms with Crippen LogP contribution in [0.2, 0.25) is 0 Å². The van der Waals surface area contributed by atoms with Crippen LogP contribution in [0.1, 0.15) is 33.2 Å². The molecule has 1 fully saturated rings. The van der Waals surface area contributed by atoms with Crippen molar-refractivity contribution in [3.63, 3.8) is 0 Å². The van der Waals surface area contributed by atoms with Gasteiger partial charge in [-0.25, -0.2) is 33.5 Å². The summed E-state index contributed by atoms with van der Waals surface area (Å²) in [5.41, 5.74) is 2.41. The highest BCUT2D eigenvalue weighted by molar-refractivity contribution is 7.18. The zero-order chi connectivity index (χ0) is 29.5. The van der Waals surface area contributed by atoms with Crippen LogP contribution >= 0.6 is 11.3 Å². The summed E-state index contributed by atoms with van der Waals surface area (Å²) in [4.78, 5) is 30.2. The molecule has 43 heavy (non-hydrogen) atoms. The third-order valence-electron chi connectivity index (χ3n) is 7.29.